The second-order valence-corrected chi connectivity index (χ2v) is 5.98. The molecular weight excluding hydrogens is 250 g/mol. The van der Waals surface area contributed by atoms with E-state index in [0.29, 0.717) is 12.2 Å². The molecule has 1 aromatic rings. The molecule has 0 aliphatic carbocycles. The van der Waals surface area contributed by atoms with Gasteiger partial charge in [0.05, 0.1) is 18.3 Å². The zero-order valence-corrected chi connectivity index (χ0v) is 13.1. The van der Waals surface area contributed by atoms with Gasteiger partial charge in [0.2, 0.25) is 0 Å². The molecule has 0 saturated carbocycles. The van der Waals surface area contributed by atoms with E-state index in [9.17, 15) is 0 Å². The maximum Gasteiger partial charge on any atom is 0.124 e. The third kappa shape index (κ3) is 4.22. The molecule has 3 heteroatoms. The predicted octanol–water partition coefficient (Wildman–Crippen LogP) is 3.69. The van der Waals surface area contributed by atoms with Gasteiger partial charge in [0.1, 0.15) is 5.75 Å². The lowest BCUT2D eigenvalue weighted by molar-refractivity contribution is 0.0545. The molecule has 0 spiro atoms. The van der Waals surface area contributed by atoms with Crippen LogP contribution in [0.25, 0.3) is 0 Å². The largest absolute Gasteiger partial charge is 0.491 e. The number of rotatable bonds is 6. The molecule has 1 heterocycles. The van der Waals surface area contributed by atoms with E-state index in [1.165, 1.54) is 12.0 Å². The van der Waals surface area contributed by atoms with E-state index >= 15 is 0 Å². The zero-order chi connectivity index (χ0) is 14.5. The van der Waals surface area contributed by atoms with Gasteiger partial charge >= 0.3 is 0 Å². The molecule has 2 rings (SSSR count). The Morgan fingerprint density at radius 1 is 1.25 bits per heavy atom. The standard InChI is InChI=1S/C17H27NO2/c1-12(2)19-17-8-6-5-7-16(17)14(4)18-11-15-10-9-13(3)20-15/h5-8,12-15,18H,9-11H2,1-4H3. The number of hydrogen-bond donors (Lipinski definition) is 1. The van der Waals surface area contributed by atoms with Gasteiger partial charge in [-0.25, -0.2) is 0 Å². The van der Waals surface area contributed by atoms with Crippen molar-refractivity contribution in [2.24, 2.45) is 0 Å². The smallest absolute Gasteiger partial charge is 0.124 e. The van der Waals surface area contributed by atoms with E-state index in [0.717, 1.165) is 18.7 Å². The Kier molecular flexibility index (Phi) is 5.44. The topological polar surface area (TPSA) is 30.5 Å². The third-order valence-electron chi connectivity index (χ3n) is 3.72. The van der Waals surface area contributed by atoms with Crippen molar-refractivity contribution in [2.45, 2.75) is 64.9 Å². The first kappa shape index (κ1) is 15.3. The van der Waals surface area contributed by atoms with E-state index in [4.69, 9.17) is 9.47 Å². The Morgan fingerprint density at radius 3 is 2.65 bits per heavy atom. The SMILES string of the molecule is CC(C)Oc1ccccc1C(C)NCC1CCC(C)O1. The molecule has 3 nitrogen and oxygen atoms in total. The minimum atomic E-state index is 0.197. The summed E-state index contributed by atoms with van der Waals surface area (Å²) in [4.78, 5) is 0. The quantitative estimate of drug-likeness (QED) is 0.860. The van der Waals surface area contributed by atoms with E-state index in [1.807, 2.05) is 12.1 Å². The predicted molar refractivity (Wildman–Crippen MR) is 82.2 cm³/mol. The van der Waals surface area contributed by atoms with Crippen LogP contribution in [0.1, 0.15) is 52.1 Å². The lowest BCUT2D eigenvalue weighted by Crippen LogP contribution is -2.29. The van der Waals surface area contributed by atoms with Gasteiger partial charge in [-0.2, -0.15) is 0 Å². The first-order valence-electron chi connectivity index (χ1n) is 7.70. The van der Waals surface area contributed by atoms with E-state index < -0.39 is 0 Å². The van der Waals surface area contributed by atoms with Crippen molar-refractivity contribution in [3.8, 4) is 5.75 Å². The zero-order valence-electron chi connectivity index (χ0n) is 13.1. The van der Waals surface area contributed by atoms with Crippen molar-refractivity contribution in [3.63, 3.8) is 0 Å². The van der Waals surface area contributed by atoms with Crippen LogP contribution in [0.2, 0.25) is 0 Å². The fourth-order valence-electron chi connectivity index (χ4n) is 2.65. The molecule has 1 saturated heterocycles. The van der Waals surface area contributed by atoms with Gasteiger partial charge in [0, 0.05) is 18.2 Å². The van der Waals surface area contributed by atoms with Gasteiger partial charge in [0.15, 0.2) is 0 Å². The third-order valence-corrected chi connectivity index (χ3v) is 3.72. The van der Waals surface area contributed by atoms with Crippen molar-refractivity contribution < 1.29 is 9.47 Å². The van der Waals surface area contributed by atoms with Crippen LogP contribution in [0.3, 0.4) is 0 Å². The van der Waals surface area contributed by atoms with Gasteiger partial charge in [-0.15, -0.1) is 0 Å². The van der Waals surface area contributed by atoms with Crippen LogP contribution in [0, 0.1) is 0 Å². The molecule has 0 bridgehead atoms. The molecule has 1 N–H and O–H groups in total. The van der Waals surface area contributed by atoms with Gasteiger partial charge in [-0.05, 0) is 46.6 Å². The Hall–Kier alpha value is -1.06. The summed E-state index contributed by atoms with van der Waals surface area (Å²) in [5.41, 5.74) is 1.22. The van der Waals surface area contributed by atoms with Gasteiger partial charge < -0.3 is 14.8 Å². The molecular formula is C17H27NO2. The van der Waals surface area contributed by atoms with Gasteiger partial charge in [-0.1, -0.05) is 18.2 Å². The van der Waals surface area contributed by atoms with Crippen LogP contribution in [0.4, 0.5) is 0 Å². The first-order chi connectivity index (χ1) is 9.56. The van der Waals surface area contributed by atoms with E-state index in [1.54, 1.807) is 0 Å². The highest BCUT2D eigenvalue weighted by atomic mass is 16.5. The van der Waals surface area contributed by atoms with Crippen molar-refractivity contribution in [2.75, 3.05) is 6.54 Å². The summed E-state index contributed by atoms with van der Waals surface area (Å²) in [7, 11) is 0. The number of para-hydroxylation sites is 1. The van der Waals surface area contributed by atoms with Crippen molar-refractivity contribution in [3.05, 3.63) is 29.8 Å². The fraction of sp³-hybridized carbons (Fsp3) is 0.647. The monoisotopic (exact) mass is 277 g/mol. The second-order valence-electron chi connectivity index (χ2n) is 5.98. The fourth-order valence-corrected chi connectivity index (χ4v) is 2.65. The van der Waals surface area contributed by atoms with Crippen LogP contribution in [0.5, 0.6) is 5.75 Å². The summed E-state index contributed by atoms with van der Waals surface area (Å²) >= 11 is 0. The summed E-state index contributed by atoms with van der Waals surface area (Å²) in [6.07, 6.45) is 3.29. The molecule has 0 amide bonds. The molecule has 112 valence electrons. The molecule has 3 atom stereocenters. The summed E-state index contributed by atoms with van der Waals surface area (Å²) < 4.78 is 11.7. The summed E-state index contributed by atoms with van der Waals surface area (Å²) in [6.45, 7) is 9.35. The van der Waals surface area contributed by atoms with Crippen LogP contribution in [-0.4, -0.2) is 24.9 Å². The molecule has 1 aliphatic heterocycles. The highest BCUT2D eigenvalue weighted by Crippen LogP contribution is 2.26. The Bertz CT molecular complexity index is 419. The molecule has 0 aromatic heterocycles. The number of benzene rings is 1. The van der Waals surface area contributed by atoms with Crippen LogP contribution in [-0.2, 0) is 4.74 Å². The number of hydrogen-bond acceptors (Lipinski definition) is 3. The molecule has 1 fully saturated rings. The van der Waals surface area contributed by atoms with Crippen molar-refractivity contribution >= 4 is 0 Å². The van der Waals surface area contributed by atoms with Crippen LogP contribution in [0.15, 0.2) is 24.3 Å². The van der Waals surface area contributed by atoms with Crippen molar-refractivity contribution in [1.29, 1.82) is 0 Å². The second kappa shape index (κ2) is 7.09. The van der Waals surface area contributed by atoms with Crippen LogP contribution >= 0.6 is 0 Å². The van der Waals surface area contributed by atoms with Crippen LogP contribution < -0.4 is 10.1 Å². The minimum absolute atomic E-state index is 0.197. The van der Waals surface area contributed by atoms with Crippen molar-refractivity contribution in [1.82, 2.24) is 5.32 Å². The minimum Gasteiger partial charge on any atom is -0.491 e. The lowest BCUT2D eigenvalue weighted by atomic mass is 10.1. The van der Waals surface area contributed by atoms with E-state index in [-0.39, 0.29) is 12.1 Å². The average molecular weight is 277 g/mol. The van der Waals surface area contributed by atoms with Gasteiger partial charge in [0.25, 0.3) is 0 Å². The first-order valence-corrected chi connectivity index (χ1v) is 7.70. The molecule has 3 unspecified atom stereocenters. The highest BCUT2D eigenvalue weighted by molar-refractivity contribution is 5.35. The van der Waals surface area contributed by atoms with Gasteiger partial charge in [-0.3, -0.25) is 0 Å². The molecule has 20 heavy (non-hydrogen) atoms. The lowest BCUT2D eigenvalue weighted by Gasteiger charge is -2.21. The average Bonchev–Trinajstić information content (AvgIpc) is 2.82. The highest BCUT2D eigenvalue weighted by Gasteiger charge is 2.22. The molecule has 1 aromatic carbocycles. The maximum atomic E-state index is 5.88. The maximum absolute atomic E-state index is 5.88. The Balaban J connectivity index is 1.93. The normalized spacial score (nSPS) is 24.1. The summed E-state index contributed by atoms with van der Waals surface area (Å²) in [5, 5.41) is 3.57. The number of nitrogens with one attached hydrogen (secondary N) is 1. The molecule has 1 aliphatic rings. The number of ether oxygens (including phenoxy) is 2. The summed E-state index contributed by atoms with van der Waals surface area (Å²) in [6, 6.07) is 8.53. The molecule has 0 radical (unpaired) electrons. The Morgan fingerprint density at radius 2 is 2.00 bits per heavy atom. The van der Waals surface area contributed by atoms with E-state index in [2.05, 4.69) is 45.1 Å². The summed E-state index contributed by atoms with van der Waals surface area (Å²) in [5.74, 6) is 0.975. The Labute approximate surface area is 122 Å².